The molecule has 2 aromatic carbocycles. The van der Waals surface area contributed by atoms with Crippen LogP contribution in [0.25, 0.3) is 0 Å². The zero-order valence-electron chi connectivity index (χ0n) is 21.5. The summed E-state index contributed by atoms with van der Waals surface area (Å²) in [7, 11) is -3.72. The van der Waals surface area contributed by atoms with Crippen LogP contribution in [0.4, 0.5) is 0 Å². The summed E-state index contributed by atoms with van der Waals surface area (Å²) in [6.45, 7) is 7.75. The van der Waals surface area contributed by atoms with Crippen LogP contribution < -0.4 is 48.3 Å². The summed E-state index contributed by atoms with van der Waals surface area (Å²) >= 11 is 0. The van der Waals surface area contributed by atoms with Crippen molar-refractivity contribution in [3.8, 4) is 17.2 Å². The van der Waals surface area contributed by atoms with Crippen molar-refractivity contribution in [3.05, 3.63) is 53.6 Å². The Bertz CT molecular complexity index is 1120. The van der Waals surface area contributed by atoms with Gasteiger partial charge in [0.15, 0.2) is 0 Å². The van der Waals surface area contributed by atoms with Gasteiger partial charge in [-0.25, -0.2) is 0 Å². The Hall–Kier alpha value is -2.27. The van der Waals surface area contributed by atoms with E-state index in [0.717, 1.165) is 12.8 Å². The molecule has 2 rings (SSSR count). The summed E-state index contributed by atoms with van der Waals surface area (Å²) in [5.41, 5.74) is 0.797. The molecule has 0 aliphatic carbocycles. The molecule has 11 heteroatoms. The minimum Gasteiger partial charge on any atom is -0.545 e. The number of aromatic carboxylic acids is 1. The topological polar surface area (TPSA) is 124 Å². The Morgan fingerprint density at radius 2 is 1.69 bits per heavy atom. The minimum absolute atomic E-state index is 0. The molecule has 192 valence electrons. The van der Waals surface area contributed by atoms with Crippen LogP contribution in [-0.2, 0) is 15.0 Å². The third kappa shape index (κ3) is 11.2. The average molecular weight is 530 g/mol. The largest absolute Gasteiger partial charge is 1.00 e. The average Bonchev–Trinajstić information content (AvgIpc) is 2.79. The molecule has 2 aromatic rings. The molecule has 0 aromatic heterocycles. The molecular formula is C25H32NNaO8S. The van der Waals surface area contributed by atoms with Gasteiger partial charge in [0.1, 0.15) is 36.2 Å². The molecule has 0 N–H and O–H groups in total. The molecule has 0 saturated carbocycles. The smallest absolute Gasteiger partial charge is 0.545 e. The standard InChI is InChI=1S/C25H33NO8S.Na/c1-5-7-12-35(29,30)34-21-10-8-9-19(13-21)24(26-32-11-6-2)17-31-22-14-20(25(27)28)15-23(16-22)33-18(3)4;/h8-10,13-16,18H,5-7,11-12,17H2,1-4H3,(H,27,28);/q;+1/p-1. The maximum absolute atomic E-state index is 12.2. The number of benzene rings is 2. The van der Waals surface area contributed by atoms with E-state index in [9.17, 15) is 18.3 Å². The van der Waals surface area contributed by atoms with Gasteiger partial charge in [0, 0.05) is 17.2 Å². The van der Waals surface area contributed by atoms with Crippen molar-refractivity contribution in [1.82, 2.24) is 0 Å². The Balaban J connectivity index is 0.00000648. The number of carboxylic acids is 1. The zero-order valence-corrected chi connectivity index (χ0v) is 24.3. The van der Waals surface area contributed by atoms with Crippen LogP contribution in [0.1, 0.15) is 62.9 Å². The first kappa shape index (κ1) is 31.8. The fraction of sp³-hybridized carbons (Fsp3) is 0.440. The second kappa shape index (κ2) is 15.8. The summed E-state index contributed by atoms with van der Waals surface area (Å²) in [6.07, 6.45) is 1.80. The van der Waals surface area contributed by atoms with E-state index in [1.807, 2.05) is 27.7 Å². The van der Waals surface area contributed by atoms with Crippen LogP contribution in [0.3, 0.4) is 0 Å². The molecule has 0 amide bonds. The molecule has 0 spiro atoms. The van der Waals surface area contributed by atoms with Gasteiger partial charge in [-0.1, -0.05) is 37.6 Å². The molecular weight excluding hydrogens is 497 g/mol. The molecule has 0 saturated heterocycles. The fourth-order valence-corrected chi connectivity index (χ4v) is 4.00. The van der Waals surface area contributed by atoms with E-state index >= 15 is 0 Å². The maximum atomic E-state index is 12.2. The summed E-state index contributed by atoms with van der Waals surface area (Å²) in [6, 6.07) is 10.7. The molecule has 0 radical (unpaired) electrons. The second-order valence-corrected chi connectivity index (χ2v) is 9.72. The van der Waals surface area contributed by atoms with Crippen molar-refractivity contribution in [3.63, 3.8) is 0 Å². The molecule has 0 aliphatic rings. The van der Waals surface area contributed by atoms with Crippen molar-refractivity contribution >= 4 is 21.8 Å². The number of hydrogen-bond acceptors (Lipinski definition) is 9. The van der Waals surface area contributed by atoms with E-state index in [1.165, 1.54) is 24.3 Å². The molecule has 0 bridgehead atoms. The molecule has 0 fully saturated rings. The molecule has 0 aliphatic heterocycles. The van der Waals surface area contributed by atoms with Crippen molar-refractivity contribution in [2.24, 2.45) is 5.16 Å². The van der Waals surface area contributed by atoms with Crippen LogP contribution in [0.5, 0.6) is 17.2 Å². The van der Waals surface area contributed by atoms with Crippen LogP contribution in [0, 0.1) is 0 Å². The normalized spacial score (nSPS) is 11.5. The molecule has 0 unspecified atom stereocenters. The van der Waals surface area contributed by atoms with Crippen molar-refractivity contribution < 1.29 is 66.4 Å². The first-order valence-electron chi connectivity index (χ1n) is 11.5. The number of nitrogens with zero attached hydrogens (tertiary/aromatic N) is 1. The number of rotatable bonds is 15. The van der Waals surface area contributed by atoms with Gasteiger partial charge in [0.2, 0.25) is 0 Å². The predicted molar refractivity (Wildman–Crippen MR) is 131 cm³/mol. The molecule has 0 atom stereocenters. The monoisotopic (exact) mass is 529 g/mol. The number of hydrogen-bond donors (Lipinski definition) is 0. The first-order chi connectivity index (χ1) is 16.6. The van der Waals surface area contributed by atoms with Gasteiger partial charge < -0.3 is 28.4 Å². The summed E-state index contributed by atoms with van der Waals surface area (Å²) in [5, 5.41) is 15.6. The van der Waals surface area contributed by atoms with Gasteiger partial charge in [0.05, 0.1) is 17.8 Å². The SMILES string of the molecule is CCCCS(=O)(=O)Oc1cccc(C(COc2cc(OC(C)C)cc(C(=O)[O-])c2)=NOCCC)c1.[Na+]. The van der Waals surface area contributed by atoms with Crippen molar-refractivity contribution in [2.75, 3.05) is 19.0 Å². The zero-order chi connectivity index (χ0) is 25.8. The van der Waals surface area contributed by atoms with Gasteiger partial charge in [0.25, 0.3) is 0 Å². The Labute approximate surface area is 235 Å². The number of carbonyl (C=O) groups excluding carboxylic acids is 1. The molecule has 36 heavy (non-hydrogen) atoms. The third-order valence-electron chi connectivity index (χ3n) is 4.47. The number of oxime groups is 1. The minimum atomic E-state index is -3.72. The van der Waals surface area contributed by atoms with Crippen LogP contribution >= 0.6 is 0 Å². The number of carboxylic acid groups (broad SMARTS) is 1. The number of unbranched alkanes of at least 4 members (excludes halogenated alkanes) is 1. The van der Waals surface area contributed by atoms with E-state index in [1.54, 1.807) is 18.2 Å². The fourth-order valence-electron chi connectivity index (χ4n) is 2.88. The van der Waals surface area contributed by atoms with E-state index in [4.69, 9.17) is 18.5 Å². The molecule has 0 heterocycles. The Morgan fingerprint density at radius 3 is 2.33 bits per heavy atom. The van der Waals surface area contributed by atoms with Gasteiger partial charge in [-0.15, -0.1) is 0 Å². The van der Waals surface area contributed by atoms with Gasteiger partial charge in [-0.2, -0.15) is 8.42 Å². The Kier molecular flexibility index (Phi) is 13.9. The summed E-state index contributed by atoms with van der Waals surface area (Å²) in [5.74, 6) is -0.732. The quantitative estimate of drug-likeness (QED) is 0.108. The Morgan fingerprint density at radius 1 is 1.00 bits per heavy atom. The summed E-state index contributed by atoms with van der Waals surface area (Å²) < 4.78 is 41.0. The predicted octanol–water partition coefficient (Wildman–Crippen LogP) is 0.560. The van der Waals surface area contributed by atoms with Crippen molar-refractivity contribution in [1.29, 1.82) is 0 Å². The van der Waals surface area contributed by atoms with E-state index in [0.29, 0.717) is 30.1 Å². The van der Waals surface area contributed by atoms with Crippen molar-refractivity contribution in [2.45, 2.75) is 53.1 Å². The van der Waals surface area contributed by atoms with Crippen LogP contribution in [-0.4, -0.2) is 45.2 Å². The molecule has 9 nitrogen and oxygen atoms in total. The third-order valence-corrected chi connectivity index (χ3v) is 5.71. The number of carbonyl (C=O) groups is 1. The van der Waals surface area contributed by atoms with E-state index in [-0.39, 0.29) is 65.1 Å². The number of ether oxygens (including phenoxy) is 2. The van der Waals surface area contributed by atoms with E-state index in [2.05, 4.69) is 5.16 Å². The van der Waals surface area contributed by atoms with E-state index < -0.39 is 16.1 Å². The van der Waals surface area contributed by atoms with Crippen LogP contribution in [0.2, 0.25) is 0 Å². The first-order valence-corrected chi connectivity index (χ1v) is 13.1. The van der Waals surface area contributed by atoms with Crippen LogP contribution in [0.15, 0.2) is 47.6 Å². The summed E-state index contributed by atoms with van der Waals surface area (Å²) in [4.78, 5) is 16.8. The second-order valence-electron chi connectivity index (χ2n) is 8.03. The van der Waals surface area contributed by atoms with Gasteiger partial charge in [-0.05, 0) is 51.0 Å². The van der Waals surface area contributed by atoms with Gasteiger partial charge >= 0.3 is 39.7 Å². The maximum Gasteiger partial charge on any atom is 1.00 e. The van der Waals surface area contributed by atoms with Gasteiger partial charge in [-0.3, -0.25) is 0 Å².